The van der Waals surface area contributed by atoms with Gasteiger partial charge in [0.25, 0.3) is 5.91 Å². The van der Waals surface area contributed by atoms with Crippen molar-refractivity contribution in [3.05, 3.63) is 50.7 Å². The van der Waals surface area contributed by atoms with Gasteiger partial charge in [0.2, 0.25) is 0 Å². The Morgan fingerprint density at radius 1 is 1.48 bits per heavy atom. The Kier molecular flexibility index (Phi) is 4.50. The number of hydrogen-bond acceptors (Lipinski definition) is 4. The number of hydrogen-bond donors (Lipinski definition) is 2. The summed E-state index contributed by atoms with van der Waals surface area (Å²) < 4.78 is 0. The van der Waals surface area contributed by atoms with E-state index in [-0.39, 0.29) is 11.7 Å². The van der Waals surface area contributed by atoms with Crippen LogP contribution in [0.5, 0.6) is 0 Å². The molecule has 0 saturated carbocycles. The minimum absolute atomic E-state index is 0.0114. The lowest BCUT2D eigenvalue weighted by Gasteiger charge is -2.17. The average Bonchev–Trinajstić information content (AvgIpc) is 2.84. The van der Waals surface area contributed by atoms with Crippen molar-refractivity contribution < 1.29 is 10.0 Å². The summed E-state index contributed by atoms with van der Waals surface area (Å²) in [6.07, 6.45) is 0. The fourth-order valence-corrected chi connectivity index (χ4v) is 3.02. The maximum Gasteiger partial charge on any atom is 0.269 e. The Balaban J connectivity index is 2.34. The number of oxime groups is 1. The van der Waals surface area contributed by atoms with E-state index in [2.05, 4.69) is 5.16 Å². The topological polar surface area (TPSA) is 78.9 Å². The van der Waals surface area contributed by atoms with Crippen molar-refractivity contribution in [1.29, 1.82) is 0 Å². The Bertz CT molecular complexity index is 712. The monoisotopic (exact) mass is 323 g/mol. The molecule has 0 radical (unpaired) electrons. The van der Waals surface area contributed by atoms with Crippen molar-refractivity contribution in [2.75, 3.05) is 11.9 Å². The van der Waals surface area contributed by atoms with Gasteiger partial charge in [0.05, 0.1) is 5.02 Å². The van der Waals surface area contributed by atoms with Gasteiger partial charge in [0, 0.05) is 18.3 Å². The second-order valence-corrected chi connectivity index (χ2v) is 5.72. The zero-order valence-electron chi connectivity index (χ0n) is 11.5. The lowest BCUT2D eigenvalue weighted by atomic mass is 10.1. The van der Waals surface area contributed by atoms with Gasteiger partial charge in [-0.2, -0.15) is 0 Å². The van der Waals surface area contributed by atoms with E-state index in [9.17, 15) is 4.79 Å². The van der Waals surface area contributed by atoms with E-state index in [1.54, 1.807) is 31.3 Å². The van der Waals surface area contributed by atoms with Crippen molar-refractivity contribution >= 4 is 40.4 Å². The first kappa shape index (κ1) is 15.3. The summed E-state index contributed by atoms with van der Waals surface area (Å²) in [5.74, 6) is -0.211. The van der Waals surface area contributed by atoms with Gasteiger partial charge in [-0.3, -0.25) is 4.79 Å². The van der Waals surface area contributed by atoms with Crippen LogP contribution in [0.25, 0.3) is 0 Å². The summed E-state index contributed by atoms with van der Waals surface area (Å²) in [7, 11) is 1.65. The van der Waals surface area contributed by atoms with E-state index in [1.165, 1.54) is 16.2 Å². The highest BCUT2D eigenvalue weighted by molar-refractivity contribution is 7.13. The van der Waals surface area contributed by atoms with Gasteiger partial charge >= 0.3 is 0 Å². The van der Waals surface area contributed by atoms with Crippen molar-refractivity contribution in [3.63, 3.8) is 0 Å². The molecule has 0 unspecified atom stereocenters. The molecule has 1 aromatic carbocycles. The van der Waals surface area contributed by atoms with E-state index in [0.717, 1.165) is 5.56 Å². The fourth-order valence-electron chi connectivity index (χ4n) is 1.78. The number of thiophene rings is 1. The molecule has 0 aliphatic rings. The molecule has 0 aliphatic carbocycles. The Morgan fingerprint density at radius 3 is 2.76 bits per heavy atom. The van der Waals surface area contributed by atoms with E-state index >= 15 is 0 Å². The van der Waals surface area contributed by atoms with Crippen LogP contribution >= 0.6 is 22.9 Å². The minimum atomic E-state index is -0.199. The zero-order valence-corrected chi connectivity index (χ0v) is 13.1. The van der Waals surface area contributed by atoms with Crippen molar-refractivity contribution in [3.8, 4) is 0 Å². The van der Waals surface area contributed by atoms with Gasteiger partial charge in [0.15, 0.2) is 5.84 Å². The van der Waals surface area contributed by atoms with Crippen LogP contribution in [-0.4, -0.2) is 24.0 Å². The second-order valence-electron chi connectivity index (χ2n) is 4.46. The van der Waals surface area contributed by atoms with E-state index in [1.807, 2.05) is 12.3 Å². The normalized spacial score (nSPS) is 11.5. The molecular formula is C14H14ClN3O2S. The third-order valence-electron chi connectivity index (χ3n) is 3.03. The minimum Gasteiger partial charge on any atom is -0.409 e. The molecule has 21 heavy (non-hydrogen) atoms. The number of nitrogens with two attached hydrogens (primary N) is 1. The van der Waals surface area contributed by atoms with Crippen molar-refractivity contribution in [2.24, 2.45) is 10.9 Å². The summed E-state index contributed by atoms with van der Waals surface area (Å²) in [5, 5.41) is 14.0. The van der Waals surface area contributed by atoms with Crippen LogP contribution in [0.1, 0.15) is 20.8 Å². The molecule has 0 spiro atoms. The Morgan fingerprint density at radius 2 is 2.19 bits per heavy atom. The molecule has 110 valence electrons. The fraction of sp³-hybridized carbons (Fsp3) is 0.143. The number of carbonyl (C=O) groups excluding carboxylic acids is 1. The van der Waals surface area contributed by atoms with Crippen LogP contribution < -0.4 is 10.6 Å². The Labute approximate surface area is 131 Å². The van der Waals surface area contributed by atoms with Crippen LogP contribution in [0.4, 0.5) is 5.69 Å². The summed E-state index contributed by atoms with van der Waals surface area (Å²) in [6, 6.07) is 6.86. The molecular weight excluding hydrogens is 310 g/mol. The molecule has 1 amide bonds. The highest BCUT2D eigenvalue weighted by Crippen LogP contribution is 2.29. The van der Waals surface area contributed by atoms with E-state index < -0.39 is 0 Å². The maximum absolute atomic E-state index is 12.5. The van der Waals surface area contributed by atoms with Crippen LogP contribution in [0.2, 0.25) is 5.02 Å². The molecule has 5 nitrogen and oxygen atoms in total. The summed E-state index contributed by atoms with van der Waals surface area (Å²) in [5.41, 5.74) is 7.60. The molecule has 7 heteroatoms. The smallest absolute Gasteiger partial charge is 0.269 e. The highest BCUT2D eigenvalue weighted by atomic mass is 35.5. The van der Waals surface area contributed by atoms with E-state index in [4.69, 9.17) is 22.5 Å². The molecule has 0 aliphatic heterocycles. The molecule has 1 aromatic heterocycles. The quantitative estimate of drug-likeness (QED) is 0.394. The van der Waals surface area contributed by atoms with Gasteiger partial charge in [0.1, 0.15) is 4.88 Å². The lowest BCUT2D eigenvalue weighted by Crippen LogP contribution is -2.26. The van der Waals surface area contributed by atoms with Gasteiger partial charge in [-0.15, -0.1) is 11.3 Å². The maximum atomic E-state index is 12.5. The summed E-state index contributed by atoms with van der Waals surface area (Å²) >= 11 is 7.44. The third kappa shape index (κ3) is 3.01. The van der Waals surface area contributed by atoms with Gasteiger partial charge in [-0.25, -0.2) is 0 Å². The first-order valence-electron chi connectivity index (χ1n) is 6.05. The third-order valence-corrected chi connectivity index (χ3v) is 4.72. The van der Waals surface area contributed by atoms with Crippen LogP contribution in [0.3, 0.4) is 0 Å². The van der Waals surface area contributed by atoms with Crippen molar-refractivity contribution in [2.45, 2.75) is 6.92 Å². The first-order valence-corrected chi connectivity index (χ1v) is 7.31. The van der Waals surface area contributed by atoms with Crippen molar-refractivity contribution in [1.82, 2.24) is 0 Å². The van der Waals surface area contributed by atoms with Crippen LogP contribution in [0, 0.1) is 6.92 Å². The molecule has 2 aromatic rings. The number of benzene rings is 1. The predicted octanol–water partition coefficient (Wildman–Crippen LogP) is 3.08. The largest absolute Gasteiger partial charge is 0.409 e. The number of rotatable bonds is 3. The van der Waals surface area contributed by atoms with E-state index in [0.29, 0.717) is 21.2 Å². The number of nitrogens with zero attached hydrogens (tertiary/aromatic N) is 2. The zero-order chi connectivity index (χ0) is 15.6. The number of carbonyl (C=O) groups is 1. The first-order chi connectivity index (χ1) is 9.95. The number of anilines is 1. The van der Waals surface area contributed by atoms with Crippen LogP contribution in [0.15, 0.2) is 34.8 Å². The second kappa shape index (κ2) is 6.15. The highest BCUT2D eigenvalue weighted by Gasteiger charge is 2.20. The molecule has 3 N–H and O–H groups in total. The van der Waals surface area contributed by atoms with Gasteiger partial charge < -0.3 is 15.8 Å². The number of halogens is 1. The summed E-state index contributed by atoms with van der Waals surface area (Å²) in [4.78, 5) is 14.4. The molecule has 0 atom stereocenters. The Hall–Kier alpha value is -2.05. The molecule has 1 heterocycles. The SMILES string of the molecule is Cc1csc(C(=O)N(C)c2cccc(/C(N)=N/O)c2)c1Cl. The van der Waals surface area contributed by atoms with Crippen LogP contribution in [-0.2, 0) is 0 Å². The lowest BCUT2D eigenvalue weighted by molar-refractivity contribution is 0.0997. The molecule has 0 bridgehead atoms. The van der Waals surface area contributed by atoms with Gasteiger partial charge in [-0.05, 0) is 30.0 Å². The summed E-state index contributed by atoms with van der Waals surface area (Å²) in [6.45, 7) is 1.86. The number of amides is 1. The predicted molar refractivity (Wildman–Crippen MR) is 85.8 cm³/mol. The number of amidine groups is 1. The average molecular weight is 324 g/mol. The molecule has 0 saturated heterocycles. The molecule has 2 rings (SSSR count). The standard InChI is InChI=1S/C14H14ClN3O2S/c1-8-7-21-12(11(8)15)14(19)18(2)10-5-3-4-9(6-10)13(16)17-20/h3-7,20H,1-2H3,(H2,16,17). The number of aryl methyl sites for hydroxylation is 1. The molecule has 0 fully saturated rings. The van der Waals surface area contributed by atoms with Gasteiger partial charge in [-0.1, -0.05) is 28.9 Å².